The molecule has 32 heavy (non-hydrogen) atoms. The van der Waals surface area contributed by atoms with Crippen LogP contribution >= 0.6 is 0 Å². The summed E-state index contributed by atoms with van der Waals surface area (Å²) in [7, 11) is -0.545. The maximum absolute atomic E-state index is 12.3. The van der Waals surface area contributed by atoms with Gasteiger partial charge in [0, 0.05) is 49.2 Å². The molecule has 3 aliphatic rings. The molecule has 2 saturated heterocycles. The maximum Gasteiger partial charge on any atom is 0.496 e. The smallest absolute Gasteiger partial charge is 0.399 e. The van der Waals surface area contributed by atoms with E-state index >= 15 is 0 Å². The van der Waals surface area contributed by atoms with Crippen LogP contribution in [0.4, 0.5) is 5.82 Å². The summed E-state index contributed by atoms with van der Waals surface area (Å²) < 4.78 is 12.6. The van der Waals surface area contributed by atoms with Crippen molar-refractivity contribution < 1.29 is 19.2 Å². The number of piperazine rings is 1. The first-order chi connectivity index (χ1) is 15.1. The molecule has 0 aromatic carbocycles. The summed E-state index contributed by atoms with van der Waals surface area (Å²) in [6.07, 6.45) is 2.29. The summed E-state index contributed by atoms with van der Waals surface area (Å²) in [5.74, 6) is 0.999. The zero-order valence-corrected chi connectivity index (χ0v) is 19.7. The highest BCUT2D eigenvalue weighted by atomic mass is 16.7. The molecule has 3 heterocycles. The molecule has 1 saturated carbocycles. The van der Waals surface area contributed by atoms with Crippen LogP contribution in [0.15, 0.2) is 6.07 Å². The Bertz CT molecular complexity index is 925. The highest BCUT2D eigenvalue weighted by Crippen LogP contribution is 2.42. The van der Waals surface area contributed by atoms with E-state index in [2.05, 4.69) is 11.0 Å². The minimum absolute atomic E-state index is 0.0247. The Labute approximate surface area is 190 Å². The second-order valence-electron chi connectivity index (χ2n) is 10.2. The molecule has 8 nitrogen and oxygen atoms in total. The molecule has 0 radical (unpaired) electrons. The van der Waals surface area contributed by atoms with Gasteiger partial charge in [0.05, 0.1) is 23.4 Å². The van der Waals surface area contributed by atoms with Gasteiger partial charge in [0.2, 0.25) is 5.91 Å². The number of nitriles is 1. The van der Waals surface area contributed by atoms with Gasteiger partial charge >= 0.3 is 7.12 Å². The van der Waals surface area contributed by atoms with Gasteiger partial charge in [0.25, 0.3) is 0 Å². The molecular formula is C23H33BN4O4. The summed E-state index contributed by atoms with van der Waals surface area (Å²) in [6.45, 7) is 11.7. The van der Waals surface area contributed by atoms with Crippen molar-refractivity contribution in [2.45, 2.75) is 77.0 Å². The average Bonchev–Trinajstić information content (AvgIpc) is 3.54. The molecule has 0 spiro atoms. The van der Waals surface area contributed by atoms with E-state index in [9.17, 15) is 10.1 Å². The van der Waals surface area contributed by atoms with E-state index in [0.717, 1.165) is 24.0 Å². The van der Waals surface area contributed by atoms with Crippen molar-refractivity contribution in [3.8, 4) is 6.07 Å². The lowest BCUT2D eigenvalue weighted by molar-refractivity contribution is -0.134. The van der Waals surface area contributed by atoms with Crippen LogP contribution in [-0.4, -0.2) is 71.5 Å². The van der Waals surface area contributed by atoms with Crippen LogP contribution in [0.1, 0.15) is 71.1 Å². The number of anilines is 1. The summed E-state index contributed by atoms with van der Waals surface area (Å²) in [6, 6.07) is 4.20. The van der Waals surface area contributed by atoms with Crippen LogP contribution in [-0.2, 0) is 14.1 Å². The van der Waals surface area contributed by atoms with Crippen LogP contribution in [0.2, 0.25) is 0 Å². The van der Waals surface area contributed by atoms with E-state index in [1.807, 2.05) is 40.7 Å². The summed E-state index contributed by atoms with van der Waals surface area (Å²) in [5.41, 5.74) is 1.40. The molecule has 1 N–H and O–H groups in total. The van der Waals surface area contributed by atoms with Crippen LogP contribution < -0.4 is 10.4 Å². The Balaban J connectivity index is 1.64. The quantitative estimate of drug-likeness (QED) is 0.694. The Morgan fingerprint density at radius 1 is 1.28 bits per heavy atom. The summed E-state index contributed by atoms with van der Waals surface area (Å²) >= 11 is 0. The molecular weight excluding hydrogens is 407 g/mol. The van der Waals surface area contributed by atoms with Gasteiger partial charge in [-0.25, -0.2) is 4.98 Å². The predicted molar refractivity (Wildman–Crippen MR) is 122 cm³/mol. The van der Waals surface area contributed by atoms with Crippen LogP contribution in [0.3, 0.4) is 0 Å². The minimum atomic E-state index is -0.545. The summed E-state index contributed by atoms with van der Waals surface area (Å²) in [5, 5.41) is 19.0. The van der Waals surface area contributed by atoms with Crippen LogP contribution in [0.25, 0.3) is 0 Å². The number of amides is 1. The number of carbonyl (C=O) groups excluding carboxylic acids is 1. The molecule has 1 atom stereocenters. The summed E-state index contributed by atoms with van der Waals surface area (Å²) in [4.78, 5) is 21.2. The molecule has 1 amide bonds. The maximum atomic E-state index is 12.3. The highest BCUT2D eigenvalue weighted by molar-refractivity contribution is 6.62. The number of hydrogen-bond donors (Lipinski definition) is 1. The second kappa shape index (κ2) is 8.33. The van der Waals surface area contributed by atoms with Crippen LogP contribution in [0, 0.1) is 11.3 Å². The molecule has 1 aromatic rings. The van der Waals surface area contributed by atoms with Crippen molar-refractivity contribution in [3.05, 3.63) is 17.3 Å². The molecule has 1 unspecified atom stereocenters. The first-order valence-electron chi connectivity index (χ1n) is 11.5. The van der Waals surface area contributed by atoms with E-state index in [0.29, 0.717) is 36.9 Å². The number of aliphatic hydroxyl groups is 1. The van der Waals surface area contributed by atoms with E-state index in [4.69, 9.17) is 19.4 Å². The van der Waals surface area contributed by atoms with Gasteiger partial charge in [-0.3, -0.25) is 4.79 Å². The fourth-order valence-electron chi connectivity index (χ4n) is 4.46. The Kier molecular flexibility index (Phi) is 5.99. The third-order valence-electron chi connectivity index (χ3n) is 7.23. The molecule has 1 aromatic heterocycles. The lowest BCUT2D eigenvalue weighted by atomic mass is 9.76. The Hall–Kier alpha value is -2.15. The monoisotopic (exact) mass is 440 g/mol. The number of nitrogens with zero attached hydrogens (tertiary/aromatic N) is 4. The normalized spacial score (nSPS) is 24.5. The van der Waals surface area contributed by atoms with Gasteiger partial charge in [-0.1, -0.05) is 0 Å². The zero-order chi connectivity index (χ0) is 23.3. The Morgan fingerprint density at radius 2 is 1.94 bits per heavy atom. The molecule has 0 bridgehead atoms. The van der Waals surface area contributed by atoms with E-state index in [-0.39, 0.29) is 25.0 Å². The van der Waals surface area contributed by atoms with Gasteiger partial charge in [0.1, 0.15) is 11.9 Å². The van der Waals surface area contributed by atoms with Crippen molar-refractivity contribution >= 4 is 24.3 Å². The lowest BCUT2D eigenvalue weighted by Gasteiger charge is -2.41. The topological polar surface area (TPSA) is 98.9 Å². The Morgan fingerprint density at radius 3 is 2.47 bits per heavy atom. The first kappa shape index (κ1) is 23.0. The molecule has 1 aliphatic carbocycles. The molecule has 9 heteroatoms. The van der Waals surface area contributed by atoms with Crippen molar-refractivity contribution in [1.82, 2.24) is 9.88 Å². The largest absolute Gasteiger partial charge is 0.496 e. The fourth-order valence-corrected chi connectivity index (χ4v) is 4.46. The average molecular weight is 440 g/mol. The third kappa shape index (κ3) is 4.12. The standard InChI is InChI=1S/C23H33BN4O4/c1-15-14-27(9-10-28(15)19(30)8-11-29)21-17(13-25)12-18(20(26-21)16-6-7-16)24-31-22(2,3)23(4,5)32-24/h12,15-16,29H,6-11,14H2,1-5H3. The lowest BCUT2D eigenvalue weighted by Crippen LogP contribution is -2.54. The number of rotatable bonds is 5. The minimum Gasteiger partial charge on any atom is -0.399 e. The van der Waals surface area contributed by atoms with E-state index in [1.54, 1.807) is 4.90 Å². The number of aliphatic hydroxyl groups excluding tert-OH is 1. The zero-order valence-electron chi connectivity index (χ0n) is 19.7. The van der Waals surface area contributed by atoms with Crippen LogP contribution in [0.5, 0.6) is 0 Å². The van der Waals surface area contributed by atoms with Gasteiger partial charge < -0.3 is 24.2 Å². The van der Waals surface area contributed by atoms with Crippen molar-refractivity contribution in [3.63, 3.8) is 0 Å². The van der Waals surface area contributed by atoms with Gasteiger partial charge in [-0.2, -0.15) is 5.26 Å². The predicted octanol–water partition coefficient (Wildman–Crippen LogP) is 1.55. The molecule has 3 fully saturated rings. The van der Waals surface area contributed by atoms with Crippen molar-refractivity contribution in [2.75, 3.05) is 31.1 Å². The highest BCUT2D eigenvalue weighted by Gasteiger charge is 2.53. The second-order valence-corrected chi connectivity index (χ2v) is 10.2. The first-order valence-corrected chi connectivity index (χ1v) is 11.5. The van der Waals surface area contributed by atoms with Gasteiger partial charge in [-0.05, 0) is 53.5 Å². The van der Waals surface area contributed by atoms with Gasteiger partial charge in [-0.15, -0.1) is 0 Å². The fraction of sp³-hybridized carbons (Fsp3) is 0.696. The van der Waals surface area contributed by atoms with E-state index in [1.165, 1.54) is 0 Å². The number of aromatic nitrogens is 1. The van der Waals surface area contributed by atoms with Crippen molar-refractivity contribution in [1.29, 1.82) is 5.26 Å². The number of carbonyl (C=O) groups is 1. The number of hydrogen-bond acceptors (Lipinski definition) is 7. The van der Waals surface area contributed by atoms with Crippen molar-refractivity contribution in [2.24, 2.45) is 0 Å². The number of pyridine rings is 1. The third-order valence-corrected chi connectivity index (χ3v) is 7.23. The van der Waals surface area contributed by atoms with Gasteiger partial charge in [0.15, 0.2) is 0 Å². The molecule has 4 rings (SSSR count). The molecule has 2 aliphatic heterocycles. The molecule has 172 valence electrons. The SMILES string of the molecule is CC1CN(c2nc(C3CC3)c(B3OC(C)(C)C(C)(C)O3)cc2C#N)CCN1C(=O)CCO. The van der Waals surface area contributed by atoms with E-state index < -0.39 is 18.3 Å².